The van der Waals surface area contributed by atoms with Crippen molar-refractivity contribution >= 4 is 75.7 Å². The molecule has 0 aliphatic rings. The second-order valence-corrected chi connectivity index (χ2v) is 6.95. The summed E-state index contributed by atoms with van der Waals surface area (Å²) in [6, 6.07) is 0. The third kappa shape index (κ3) is 4.31. The second-order valence-electron chi connectivity index (χ2n) is 3.78. The van der Waals surface area contributed by atoms with Gasteiger partial charge in [0.15, 0.2) is 0 Å². The van der Waals surface area contributed by atoms with Crippen molar-refractivity contribution in [3.63, 3.8) is 0 Å². The number of esters is 2. The second kappa shape index (κ2) is 9.00. The van der Waals surface area contributed by atoms with Crippen LogP contribution in [0.15, 0.2) is 43.2 Å². The van der Waals surface area contributed by atoms with Crippen LogP contribution in [0.1, 0.15) is 20.7 Å². The lowest BCUT2D eigenvalue weighted by atomic mass is 10.1. The van der Waals surface area contributed by atoms with Gasteiger partial charge in [-0.25, -0.2) is 9.59 Å². The zero-order valence-corrected chi connectivity index (χ0v) is 17.5. The Morgan fingerprint density at radius 3 is 1.36 bits per heavy atom. The fourth-order valence-electron chi connectivity index (χ4n) is 1.43. The van der Waals surface area contributed by atoms with Crippen molar-refractivity contribution < 1.29 is 19.1 Å². The van der Waals surface area contributed by atoms with Crippen LogP contribution < -0.4 is 0 Å². The summed E-state index contributed by atoms with van der Waals surface area (Å²) < 4.78 is 11.9. The van der Waals surface area contributed by atoms with Crippen molar-refractivity contribution in [1.29, 1.82) is 0 Å². The highest BCUT2D eigenvalue weighted by Crippen LogP contribution is 2.42. The maximum absolute atomic E-state index is 12.3. The predicted molar refractivity (Wildman–Crippen MR) is 98.2 cm³/mol. The number of hydrogen-bond donors (Lipinski definition) is 0. The van der Waals surface area contributed by atoms with Gasteiger partial charge < -0.3 is 9.47 Å². The van der Waals surface area contributed by atoms with Crippen LogP contribution in [0.25, 0.3) is 0 Å². The minimum absolute atomic E-state index is 0.0255. The largest absolute Gasteiger partial charge is 0.458 e. The molecule has 1 aromatic carbocycles. The molecule has 0 atom stereocenters. The lowest BCUT2D eigenvalue weighted by molar-refractivity contribution is 0.0501. The topological polar surface area (TPSA) is 52.6 Å². The van der Waals surface area contributed by atoms with E-state index >= 15 is 0 Å². The average Bonchev–Trinajstić information content (AvgIpc) is 2.51. The van der Waals surface area contributed by atoms with Crippen molar-refractivity contribution in [3.8, 4) is 0 Å². The summed E-state index contributed by atoms with van der Waals surface area (Å²) in [6.07, 6.45) is 2.87. The number of ether oxygens (including phenoxy) is 2. The molecule has 0 N–H and O–H groups in total. The molecule has 0 amide bonds. The summed E-state index contributed by atoms with van der Waals surface area (Å²) in [5, 5.41) is 0. The molecular weight excluding hydrogens is 552 g/mol. The summed E-state index contributed by atoms with van der Waals surface area (Å²) in [4.78, 5) is 24.5. The fraction of sp³-hybridized carbons (Fsp3) is 0.143. The summed E-state index contributed by atoms with van der Waals surface area (Å²) in [6.45, 7) is 7.01. The predicted octanol–water partition coefficient (Wildman–Crippen LogP) is 5.42. The van der Waals surface area contributed by atoms with Gasteiger partial charge in [-0.2, -0.15) is 0 Å². The third-order valence-corrected chi connectivity index (χ3v) is 7.11. The Labute approximate surface area is 161 Å². The molecule has 0 aliphatic carbocycles. The Bertz CT molecular complexity index is 585. The van der Waals surface area contributed by atoms with Gasteiger partial charge in [-0.1, -0.05) is 25.3 Å². The molecule has 0 saturated carbocycles. The summed E-state index contributed by atoms with van der Waals surface area (Å²) >= 11 is 13.3. The first kappa shape index (κ1) is 19.6. The van der Waals surface area contributed by atoms with Crippen molar-refractivity contribution in [1.82, 2.24) is 0 Å². The molecule has 0 fully saturated rings. The molecular formula is C14H10Br4O4. The maximum atomic E-state index is 12.3. The SMILES string of the molecule is C=CCOC(=O)c1c(Br)c(Br)c(Br)c(Br)c1C(=O)OCC=C. The van der Waals surface area contributed by atoms with Gasteiger partial charge in [0.1, 0.15) is 13.2 Å². The van der Waals surface area contributed by atoms with Crippen LogP contribution in [-0.2, 0) is 9.47 Å². The number of hydrogen-bond acceptors (Lipinski definition) is 4. The first-order valence-electron chi connectivity index (χ1n) is 5.78. The fourth-order valence-corrected chi connectivity index (χ4v) is 3.87. The van der Waals surface area contributed by atoms with Crippen LogP contribution in [0.3, 0.4) is 0 Å². The van der Waals surface area contributed by atoms with E-state index in [1.807, 2.05) is 0 Å². The minimum Gasteiger partial charge on any atom is -0.458 e. The molecule has 0 heterocycles. The van der Waals surface area contributed by atoms with Gasteiger partial charge in [0, 0.05) is 17.9 Å². The summed E-state index contributed by atoms with van der Waals surface area (Å²) in [5.41, 5.74) is 0.107. The Hall–Kier alpha value is -0.440. The minimum atomic E-state index is -0.675. The van der Waals surface area contributed by atoms with E-state index in [4.69, 9.17) is 9.47 Å². The number of rotatable bonds is 6. The van der Waals surface area contributed by atoms with Gasteiger partial charge in [0.25, 0.3) is 0 Å². The molecule has 0 saturated heterocycles. The highest BCUT2D eigenvalue weighted by Gasteiger charge is 2.29. The van der Waals surface area contributed by atoms with Crippen LogP contribution in [0.2, 0.25) is 0 Å². The summed E-state index contributed by atoms with van der Waals surface area (Å²) in [5.74, 6) is -1.35. The van der Waals surface area contributed by atoms with Gasteiger partial charge in [-0.3, -0.25) is 0 Å². The van der Waals surface area contributed by atoms with Crippen LogP contribution in [0, 0.1) is 0 Å². The van der Waals surface area contributed by atoms with Gasteiger partial charge in [0.05, 0.1) is 11.1 Å². The quantitative estimate of drug-likeness (QED) is 0.201. The van der Waals surface area contributed by atoms with Crippen LogP contribution >= 0.6 is 63.7 Å². The van der Waals surface area contributed by atoms with E-state index in [1.54, 1.807) is 0 Å². The van der Waals surface area contributed by atoms with E-state index in [1.165, 1.54) is 12.2 Å². The van der Waals surface area contributed by atoms with Gasteiger partial charge in [0.2, 0.25) is 0 Å². The number of halogens is 4. The van der Waals surface area contributed by atoms with Gasteiger partial charge in [-0.15, -0.1) is 0 Å². The first-order valence-corrected chi connectivity index (χ1v) is 8.95. The Morgan fingerprint density at radius 1 is 0.773 bits per heavy atom. The van der Waals surface area contributed by atoms with Crippen molar-refractivity contribution in [2.24, 2.45) is 0 Å². The van der Waals surface area contributed by atoms with Crippen LogP contribution in [0.5, 0.6) is 0 Å². The van der Waals surface area contributed by atoms with E-state index in [0.29, 0.717) is 17.9 Å². The Morgan fingerprint density at radius 2 is 1.09 bits per heavy atom. The van der Waals surface area contributed by atoms with Crippen molar-refractivity contribution in [2.75, 3.05) is 13.2 Å². The molecule has 118 valence electrons. The highest BCUT2D eigenvalue weighted by molar-refractivity contribution is 9.15. The van der Waals surface area contributed by atoms with E-state index in [9.17, 15) is 9.59 Å². The monoisotopic (exact) mass is 558 g/mol. The lowest BCUT2D eigenvalue weighted by Gasteiger charge is -2.15. The zero-order valence-electron chi connectivity index (χ0n) is 11.1. The molecule has 0 spiro atoms. The molecule has 4 nitrogen and oxygen atoms in total. The van der Waals surface area contributed by atoms with Crippen molar-refractivity contribution in [3.05, 3.63) is 54.3 Å². The van der Waals surface area contributed by atoms with Crippen LogP contribution in [0.4, 0.5) is 0 Å². The molecule has 1 aromatic rings. The van der Waals surface area contributed by atoms with E-state index in [-0.39, 0.29) is 24.3 Å². The smallest absolute Gasteiger partial charge is 0.340 e. The van der Waals surface area contributed by atoms with Gasteiger partial charge >= 0.3 is 11.9 Å². The Balaban J connectivity index is 3.50. The van der Waals surface area contributed by atoms with E-state index < -0.39 is 11.9 Å². The average molecular weight is 562 g/mol. The number of benzene rings is 1. The summed E-state index contributed by atoms with van der Waals surface area (Å²) in [7, 11) is 0. The molecule has 0 aliphatic heterocycles. The molecule has 1 rings (SSSR count). The van der Waals surface area contributed by atoms with E-state index in [0.717, 1.165) is 0 Å². The van der Waals surface area contributed by atoms with Crippen molar-refractivity contribution in [2.45, 2.75) is 0 Å². The van der Waals surface area contributed by atoms with Crippen LogP contribution in [-0.4, -0.2) is 25.2 Å². The highest BCUT2D eigenvalue weighted by atomic mass is 79.9. The Kier molecular flexibility index (Phi) is 8.02. The molecule has 22 heavy (non-hydrogen) atoms. The zero-order chi connectivity index (χ0) is 16.9. The maximum Gasteiger partial charge on any atom is 0.340 e. The molecule has 0 radical (unpaired) electrons. The number of carbonyl (C=O) groups is 2. The molecule has 0 bridgehead atoms. The first-order chi connectivity index (χ1) is 10.4. The normalized spacial score (nSPS) is 10.0. The van der Waals surface area contributed by atoms with Gasteiger partial charge in [-0.05, 0) is 63.7 Å². The standard InChI is InChI=1S/C14H10Br4O4/c1-3-5-21-13(19)7-8(14(20)22-6-4-2)10(16)12(18)11(17)9(7)15/h3-4H,1-2,5-6H2. The molecule has 0 aromatic heterocycles. The lowest BCUT2D eigenvalue weighted by Crippen LogP contribution is -2.16. The van der Waals surface area contributed by atoms with E-state index in [2.05, 4.69) is 76.9 Å². The third-order valence-electron chi connectivity index (χ3n) is 2.34. The number of carbonyl (C=O) groups excluding carboxylic acids is 2. The molecule has 0 unspecified atom stereocenters. The molecule has 8 heteroatoms.